The smallest absolute Gasteiger partial charge is 0.227 e. The van der Waals surface area contributed by atoms with Crippen LogP contribution in [0.15, 0.2) is 12.1 Å². The van der Waals surface area contributed by atoms with E-state index in [0.717, 1.165) is 19.5 Å². The monoisotopic (exact) mass is 415 g/mol. The molecule has 8 nitrogen and oxygen atoms in total. The van der Waals surface area contributed by atoms with Gasteiger partial charge in [0.05, 0.1) is 32.9 Å². The lowest BCUT2D eigenvalue weighted by Gasteiger charge is -2.20. The molecule has 1 fully saturated rings. The molecule has 0 aromatic heterocycles. The molecule has 0 spiro atoms. The lowest BCUT2D eigenvalue weighted by atomic mass is 10.1. The number of nitrogens with one attached hydrogen (secondary N) is 2. The molecule has 0 bridgehead atoms. The summed E-state index contributed by atoms with van der Waals surface area (Å²) >= 11 is 0. The lowest BCUT2D eigenvalue weighted by molar-refractivity contribution is -0.126. The van der Waals surface area contributed by atoms with Crippen molar-refractivity contribution in [2.45, 2.75) is 19.8 Å². The number of nitrogens with zero attached hydrogens (tertiary/aromatic N) is 1. The fourth-order valence-corrected chi connectivity index (χ4v) is 3.08. The number of carbonyl (C=O) groups excluding carboxylic acids is 2. The molecule has 9 heteroatoms. The number of methoxy groups -OCH3 is 3. The van der Waals surface area contributed by atoms with Crippen molar-refractivity contribution in [2.75, 3.05) is 52.4 Å². The fourth-order valence-electron chi connectivity index (χ4n) is 3.08. The van der Waals surface area contributed by atoms with E-state index in [1.165, 1.54) is 21.3 Å². The Hall–Kier alpha value is -2.19. The third-order valence-electron chi connectivity index (χ3n) is 4.48. The largest absolute Gasteiger partial charge is 0.493 e. The number of hydrogen-bond donors (Lipinski definition) is 2. The van der Waals surface area contributed by atoms with Gasteiger partial charge in [-0.3, -0.25) is 9.59 Å². The van der Waals surface area contributed by atoms with Crippen LogP contribution in [0.25, 0.3) is 0 Å². The van der Waals surface area contributed by atoms with Crippen LogP contribution in [0.3, 0.4) is 0 Å². The Bertz CT molecular complexity index is 646. The Morgan fingerprint density at radius 3 is 2.29 bits per heavy atom. The maximum Gasteiger partial charge on any atom is 0.227 e. The zero-order valence-corrected chi connectivity index (χ0v) is 17.7. The number of amides is 2. The van der Waals surface area contributed by atoms with Crippen molar-refractivity contribution in [2.24, 2.45) is 5.92 Å². The van der Waals surface area contributed by atoms with E-state index in [1.54, 1.807) is 17.0 Å². The number of ether oxygens (including phenoxy) is 3. The van der Waals surface area contributed by atoms with Gasteiger partial charge in [-0.1, -0.05) is 6.92 Å². The molecular formula is C19H30ClN3O5. The van der Waals surface area contributed by atoms with Crippen molar-refractivity contribution >= 4 is 29.9 Å². The van der Waals surface area contributed by atoms with Crippen LogP contribution in [0.2, 0.25) is 0 Å². The third-order valence-corrected chi connectivity index (χ3v) is 4.48. The standard InChI is InChI=1S/C19H29N3O5.ClH/c1-5-6-20-7-8-21-19(24)13-9-17(23)22(12-13)14-10-15(25-2)18(27-4)16(11-14)26-3;/h10-11,13,20H,5-9,12H2,1-4H3,(H,21,24);1H. The molecular weight excluding hydrogens is 386 g/mol. The van der Waals surface area contributed by atoms with Crippen molar-refractivity contribution < 1.29 is 23.8 Å². The van der Waals surface area contributed by atoms with Crippen LogP contribution in [0.4, 0.5) is 5.69 Å². The summed E-state index contributed by atoms with van der Waals surface area (Å²) in [5.41, 5.74) is 0.620. The van der Waals surface area contributed by atoms with E-state index in [0.29, 0.717) is 36.0 Å². The number of halogens is 1. The second-order valence-electron chi connectivity index (χ2n) is 6.33. The van der Waals surface area contributed by atoms with Gasteiger partial charge in [0.1, 0.15) is 0 Å². The molecule has 1 saturated heterocycles. The van der Waals surface area contributed by atoms with E-state index in [2.05, 4.69) is 17.6 Å². The molecule has 0 saturated carbocycles. The first-order valence-corrected chi connectivity index (χ1v) is 9.14. The minimum atomic E-state index is -0.372. The summed E-state index contributed by atoms with van der Waals surface area (Å²) < 4.78 is 16.0. The van der Waals surface area contributed by atoms with Crippen molar-refractivity contribution in [3.05, 3.63) is 12.1 Å². The van der Waals surface area contributed by atoms with Gasteiger partial charge in [-0.25, -0.2) is 0 Å². The van der Waals surface area contributed by atoms with E-state index in [-0.39, 0.29) is 36.6 Å². The number of anilines is 1. The summed E-state index contributed by atoms with van der Waals surface area (Å²) in [5.74, 6) is 0.821. The first-order valence-electron chi connectivity index (χ1n) is 9.14. The molecule has 1 aromatic carbocycles. The predicted molar refractivity (Wildman–Crippen MR) is 110 cm³/mol. The molecule has 1 aromatic rings. The van der Waals surface area contributed by atoms with Gasteiger partial charge in [-0.05, 0) is 13.0 Å². The van der Waals surface area contributed by atoms with Crippen LogP contribution >= 0.6 is 12.4 Å². The van der Waals surface area contributed by atoms with E-state index < -0.39 is 0 Å². The summed E-state index contributed by atoms with van der Waals surface area (Å²) in [5, 5.41) is 6.12. The number of benzene rings is 1. The van der Waals surface area contributed by atoms with E-state index >= 15 is 0 Å². The number of carbonyl (C=O) groups is 2. The first kappa shape index (κ1) is 23.8. The number of rotatable bonds is 10. The molecule has 2 rings (SSSR count). The highest BCUT2D eigenvalue weighted by atomic mass is 35.5. The Morgan fingerprint density at radius 1 is 1.11 bits per heavy atom. The van der Waals surface area contributed by atoms with Gasteiger partial charge < -0.3 is 29.7 Å². The maximum absolute atomic E-state index is 12.5. The quantitative estimate of drug-likeness (QED) is 0.564. The normalized spacial score (nSPS) is 15.8. The Labute approximate surface area is 172 Å². The molecule has 1 aliphatic heterocycles. The van der Waals surface area contributed by atoms with Gasteiger partial charge in [-0.2, -0.15) is 0 Å². The van der Waals surface area contributed by atoms with Crippen molar-refractivity contribution in [3.63, 3.8) is 0 Å². The molecule has 1 atom stereocenters. The highest BCUT2D eigenvalue weighted by Crippen LogP contribution is 2.42. The lowest BCUT2D eigenvalue weighted by Crippen LogP contribution is -2.37. The van der Waals surface area contributed by atoms with Crippen LogP contribution < -0.4 is 29.7 Å². The van der Waals surface area contributed by atoms with Gasteiger partial charge in [-0.15, -0.1) is 12.4 Å². The molecule has 2 N–H and O–H groups in total. The van der Waals surface area contributed by atoms with E-state index in [1.807, 2.05) is 0 Å². The molecule has 0 aliphatic carbocycles. The summed E-state index contributed by atoms with van der Waals surface area (Å²) in [6.07, 6.45) is 1.24. The Kier molecular flexibility index (Phi) is 9.89. The first-order chi connectivity index (χ1) is 13.0. The zero-order chi connectivity index (χ0) is 19.8. The molecule has 0 radical (unpaired) electrons. The van der Waals surface area contributed by atoms with E-state index in [9.17, 15) is 9.59 Å². The predicted octanol–water partition coefficient (Wildman–Crippen LogP) is 1.60. The summed E-state index contributed by atoms with van der Waals surface area (Å²) in [6.45, 7) is 4.61. The minimum absolute atomic E-state index is 0. The highest BCUT2D eigenvalue weighted by molar-refractivity contribution is 6.00. The van der Waals surface area contributed by atoms with Crippen LogP contribution in [-0.4, -0.2) is 59.3 Å². The summed E-state index contributed by atoms with van der Waals surface area (Å²) in [7, 11) is 4.57. The highest BCUT2D eigenvalue weighted by Gasteiger charge is 2.35. The van der Waals surface area contributed by atoms with Crippen LogP contribution in [-0.2, 0) is 9.59 Å². The van der Waals surface area contributed by atoms with Gasteiger partial charge in [0, 0.05) is 38.2 Å². The summed E-state index contributed by atoms with van der Waals surface area (Å²) in [4.78, 5) is 26.4. The molecule has 28 heavy (non-hydrogen) atoms. The van der Waals surface area contributed by atoms with Crippen LogP contribution in [0.1, 0.15) is 19.8 Å². The average molecular weight is 416 g/mol. The zero-order valence-electron chi connectivity index (χ0n) is 16.9. The number of hydrogen-bond acceptors (Lipinski definition) is 6. The van der Waals surface area contributed by atoms with Gasteiger partial charge in [0.15, 0.2) is 11.5 Å². The second-order valence-corrected chi connectivity index (χ2v) is 6.33. The van der Waals surface area contributed by atoms with Crippen LogP contribution in [0, 0.1) is 5.92 Å². The SMILES string of the molecule is CCCNCCNC(=O)C1CC(=O)N(c2cc(OC)c(OC)c(OC)c2)C1.Cl. The van der Waals surface area contributed by atoms with Gasteiger partial charge >= 0.3 is 0 Å². The average Bonchev–Trinajstić information content (AvgIpc) is 3.08. The molecule has 2 amide bonds. The molecule has 158 valence electrons. The van der Waals surface area contributed by atoms with Crippen LogP contribution in [0.5, 0.6) is 17.2 Å². The fraction of sp³-hybridized carbons (Fsp3) is 0.579. The Morgan fingerprint density at radius 2 is 1.75 bits per heavy atom. The van der Waals surface area contributed by atoms with Crippen molar-refractivity contribution in [1.29, 1.82) is 0 Å². The summed E-state index contributed by atoms with van der Waals surface area (Å²) in [6, 6.07) is 3.43. The van der Waals surface area contributed by atoms with E-state index in [4.69, 9.17) is 14.2 Å². The van der Waals surface area contributed by atoms with Crippen molar-refractivity contribution in [3.8, 4) is 17.2 Å². The maximum atomic E-state index is 12.5. The molecule has 1 aliphatic rings. The second kappa shape index (κ2) is 11.6. The topological polar surface area (TPSA) is 89.1 Å². The molecule has 1 heterocycles. The van der Waals surface area contributed by atoms with Crippen molar-refractivity contribution in [1.82, 2.24) is 10.6 Å². The minimum Gasteiger partial charge on any atom is -0.493 e. The third kappa shape index (κ3) is 5.65. The van der Waals surface area contributed by atoms with Gasteiger partial charge in [0.25, 0.3) is 0 Å². The molecule has 1 unspecified atom stereocenters. The van der Waals surface area contributed by atoms with Gasteiger partial charge in [0.2, 0.25) is 17.6 Å². The Balaban J connectivity index is 0.00000392.